The molecule has 2 aromatic heterocycles. The summed E-state index contributed by atoms with van der Waals surface area (Å²) in [5.41, 5.74) is 7.24. The minimum absolute atomic E-state index is 0.271. The minimum atomic E-state index is -4.16. The van der Waals surface area contributed by atoms with Gasteiger partial charge in [0.05, 0.1) is 25.0 Å². The first kappa shape index (κ1) is 28.3. The fourth-order valence-corrected chi connectivity index (χ4v) is 4.50. The van der Waals surface area contributed by atoms with E-state index in [-0.39, 0.29) is 11.5 Å². The number of rotatable bonds is 8. The average molecular weight is 542 g/mol. The fraction of sp³-hybridized carbons (Fsp3) is 0.320. The van der Waals surface area contributed by atoms with Crippen molar-refractivity contribution in [3.05, 3.63) is 71.6 Å². The summed E-state index contributed by atoms with van der Waals surface area (Å²) in [4.78, 5) is 25.2. The van der Waals surface area contributed by atoms with Gasteiger partial charge in [-0.1, -0.05) is 13.0 Å². The molecule has 0 saturated carbocycles. The number of aromatic nitrogens is 3. The zero-order valence-electron chi connectivity index (χ0n) is 22.0. The lowest BCUT2D eigenvalue weighted by atomic mass is 10.1. The van der Waals surface area contributed by atoms with Crippen LogP contribution in [0, 0.1) is 13.8 Å². The van der Waals surface area contributed by atoms with E-state index in [0.717, 1.165) is 11.1 Å². The number of guanidine groups is 1. The second-order valence-corrected chi connectivity index (χ2v) is 10.5. The van der Waals surface area contributed by atoms with Crippen LogP contribution in [0.15, 0.2) is 53.5 Å². The molecular formula is C25H31N7O5S. The van der Waals surface area contributed by atoms with Crippen LogP contribution in [0.3, 0.4) is 0 Å². The van der Waals surface area contributed by atoms with Gasteiger partial charge in [-0.25, -0.2) is 18.4 Å². The van der Waals surface area contributed by atoms with Gasteiger partial charge in [0.1, 0.15) is 23.0 Å². The van der Waals surface area contributed by atoms with Crippen molar-refractivity contribution in [3.8, 4) is 11.5 Å². The maximum Gasteiger partial charge on any atom is 0.271 e. The Morgan fingerprint density at radius 2 is 1.58 bits per heavy atom. The van der Waals surface area contributed by atoms with Gasteiger partial charge >= 0.3 is 0 Å². The summed E-state index contributed by atoms with van der Waals surface area (Å²) in [6, 6.07) is 6.67. The predicted octanol–water partition coefficient (Wildman–Crippen LogP) is 2.73. The molecule has 1 aromatic carbocycles. The number of amides is 1. The summed E-state index contributed by atoms with van der Waals surface area (Å²) in [6.07, 6.45) is 6.25. The number of benzene rings is 1. The molecule has 1 amide bonds. The molecule has 3 N–H and O–H groups in total. The third-order valence-electron chi connectivity index (χ3n) is 5.70. The molecule has 12 nitrogen and oxygen atoms in total. The van der Waals surface area contributed by atoms with Crippen molar-refractivity contribution in [3.63, 3.8) is 0 Å². The predicted molar refractivity (Wildman–Crippen MR) is 144 cm³/mol. The fourth-order valence-electron chi connectivity index (χ4n) is 3.35. The molecule has 0 bridgehead atoms. The molecule has 0 fully saturated rings. The van der Waals surface area contributed by atoms with Gasteiger partial charge in [0.15, 0.2) is 0 Å². The number of sulfonamides is 1. The first-order valence-corrected chi connectivity index (χ1v) is 13.1. The van der Waals surface area contributed by atoms with E-state index in [1.54, 1.807) is 56.7 Å². The van der Waals surface area contributed by atoms with Crippen LogP contribution in [0.25, 0.3) is 0 Å². The second-order valence-electron chi connectivity index (χ2n) is 8.56. The highest BCUT2D eigenvalue weighted by Gasteiger charge is 2.30. The molecule has 0 saturated heterocycles. The highest BCUT2D eigenvalue weighted by molar-refractivity contribution is 7.90. The number of carbonyl (C=O) groups excluding carboxylic acids is 1. The number of pyridine rings is 1. The molecule has 3 rings (SSSR count). The van der Waals surface area contributed by atoms with E-state index >= 15 is 0 Å². The van der Waals surface area contributed by atoms with E-state index < -0.39 is 27.1 Å². The molecule has 0 aliphatic rings. The quantitative estimate of drug-likeness (QED) is 0.220. The largest absolute Gasteiger partial charge is 0.494 e. The first-order valence-electron chi connectivity index (χ1n) is 11.6. The summed E-state index contributed by atoms with van der Waals surface area (Å²) in [6.45, 7) is 6.87. The van der Waals surface area contributed by atoms with Gasteiger partial charge in [-0.2, -0.15) is 0 Å². The number of hydrazine groups is 1. The van der Waals surface area contributed by atoms with Gasteiger partial charge in [-0.3, -0.25) is 20.6 Å². The highest BCUT2D eigenvalue weighted by Crippen LogP contribution is 2.34. The van der Waals surface area contributed by atoms with Crippen molar-refractivity contribution in [2.24, 2.45) is 4.40 Å². The average Bonchev–Trinajstić information content (AvgIpc) is 2.91. The van der Waals surface area contributed by atoms with E-state index in [2.05, 4.69) is 35.5 Å². The number of carbonyl (C=O) groups is 1. The molecule has 0 spiro atoms. The van der Waals surface area contributed by atoms with E-state index in [1.807, 2.05) is 6.92 Å². The Bertz CT molecular complexity index is 1390. The Balaban J connectivity index is 1.95. The van der Waals surface area contributed by atoms with Crippen molar-refractivity contribution in [1.82, 2.24) is 25.8 Å². The van der Waals surface area contributed by atoms with Gasteiger partial charge in [-0.15, -0.1) is 4.40 Å². The number of hydrogen-bond donors (Lipinski definition) is 3. The van der Waals surface area contributed by atoms with Crippen LogP contribution < -0.4 is 25.6 Å². The molecule has 13 heteroatoms. The Hall–Kier alpha value is -4.26. The topological polar surface area (TPSA) is 157 Å². The number of ether oxygens (including phenoxy) is 2. The highest BCUT2D eigenvalue weighted by atomic mass is 32.2. The smallest absolute Gasteiger partial charge is 0.271 e. The van der Waals surface area contributed by atoms with Crippen molar-refractivity contribution in [2.75, 3.05) is 19.5 Å². The molecule has 3 aromatic rings. The Kier molecular flexibility index (Phi) is 9.18. The maximum atomic E-state index is 13.4. The third kappa shape index (κ3) is 6.94. The number of para-hydroxylation sites is 1. The van der Waals surface area contributed by atoms with E-state index in [0.29, 0.717) is 23.0 Å². The van der Waals surface area contributed by atoms with Crippen LogP contribution in [0.2, 0.25) is 0 Å². The van der Waals surface area contributed by atoms with Crippen LogP contribution in [0.4, 0.5) is 5.69 Å². The SMILES string of the molecule is COc1cccc(OC)c1NC(=NS(=O)(=O)C(C)C(C)c1ncc(C)cn1)NNC(=O)c1cncc(C)c1. The molecule has 0 radical (unpaired) electrons. The molecule has 0 aliphatic heterocycles. The summed E-state index contributed by atoms with van der Waals surface area (Å²) in [5.74, 6) is -0.310. The molecule has 2 heterocycles. The summed E-state index contributed by atoms with van der Waals surface area (Å²) in [7, 11) is -1.24. The van der Waals surface area contributed by atoms with Crippen LogP contribution in [-0.4, -0.2) is 54.7 Å². The Morgan fingerprint density at radius 1 is 0.947 bits per heavy atom. The molecular weight excluding hydrogens is 510 g/mol. The molecule has 0 aliphatic carbocycles. The van der Waals surface area contributed by atoms with Gasteiger partial charge in [-0.05, 0) is 50.1 Å². The van der Waals surface area contributed by atoms with Crippen LogP contribution in [0.1, 0.15) is 47.1 Å². The van der Waals surface area contributed by atoms with Crippen molar-refractivity contribution in [2.45, 2.75) is 38.9 Å². The summed E-state index contributed by atoms with van der Waals surface area (Å²) in [5, 5.41) is 1.88. The minimum Gasteiger partial charge on any atom is -0.494 e. The van der Waals surface area contributed by atoms with E-state index in [1.165, 1.54) is 27.3 Å². The lowest BCUT2D eigenvalue weighted by Gasteiger charge is -2.20. The van der Waals surface area contributed by atoms with Gasteiger partial charge in [0.25, 0.3) is 15.9 Å². The number of anilines is 1. The zero-order chi connectivity index (χ0) is 27.9. The van der Waals surface area contributed by atoms with Crippen molar-refractivity contribution in [1.29, 1.82) is 0 Å². The van der Waals surface area contributed by atoms with Crippen molar-refractivity contribution >= 4 is 27.6 Å². The number of nitrogens with one attached hydrogen (secondary N) is 3. The van der Waals surface area contributed by atoms with Gasteiger partial charge < -0.3 is 14.8 Å². The van der Waals surface area contributed by atoms with E-state index in [9.17, 15) is 13.2 Å². The molecule has 2 unspecified atom stereocenters. The lowest BCUT2D eigenvalue weighted by molar-refractivity contribution is 0.0943. The van der Waals surface area contributed by atoms with Crippen LogP contribution in [0.5, 0.6) is 11.5 Å². The zero-order valence-corrected chi connectivity index (χ0v) is 22.8. The van der Waals surface area contributed by atoms with Crippen molar-refractivity contribution < 1.29 is 22.7 Å². The maximum absolute atomic E-state index is 13.4. The Labute approximate surface area is 222 Å². The number of aryl methyl sites for hydroxylation is 2. The standard InChI is InChI=1S/C25H31N7O5S/c1-15-10-19(14-26-11-15)24(33)30-31-25(29-22-20(36-5)8-7-9-21(22)37-6)32-38(34,35)18(4)17(3)23-27-12-16(2)13-28-23/h7-14,17-18H,1-6H3,(H,30,33)(H2,29,31,32). The normalized spacial score (nSPS) is 13.3. The Morgan fingerprint density at radius 3 is 2.16 bits per heavy atom. The van der Waals surface area contributed by atoms with Crippen LogP contribution in [-0.2, 0) is 10.0 Å². The molecule has 202 valence electrons. The molecule has 38 heavy (non-hydrogen) atoms. The van der Waals surface area contributed by atoms with Gasteiger partial charge in [0, 0.05) is 30.7 Å². The first-order chi connectivity index (χ1) is 18.1. The van der Waals surface area contributed by atoms with Gasteiger partial charge in [0.2, 0.25) is 5.96 Å². The summed E-state index contributed by atoms with van der Waals surface area (Å²) < 4.78 is 41.5. The third-order valence-corrected chi connectivity index (χ3v) is 7.49. The number of hydrogen-bond acceptors (Lipinski definition) is 8. The monoisotopic (exact) mass is 541 g/mol. The lowest BCUT2D eigenvalue weighted by Crippen LogP contribution is -2.45. The number of nitrogens with zero attached hydrogens (tertiary/aromatic N) is 4. The second kappa shape index (κ2) is 12.3. The van der Waals surface area contributed by atoms with Crippen LogP contribution >= 0.6 is 0 Å². The van der Waals surface area contributed by atoms with E-state index in [4.69, 9.17) is 9.47 Å². The molecule has 2 atom stereocenters. The number of methoxy groups -OCH3 is 2. The summed E-state index contributed by atoms with van der Waals surface area (Å²) >= 11 is 0.